The zero-order valence-corrected chi connectivity index (χ0v) is 18.5. The molecule has 0 fully saturated rings. The minimum Gasteiger partial charge on any atom is -0.351 e. The molecule has 0 saturated heterocycles. The van der Waals surface area contributed by atoms with E-state index in [0.29, 0.717) is 22.8 Å². The van der Waals surface area contributed by atoms with Crippen molar-refractivity contribution in [2.24, 2.45) is 0 Å². The lowest BCUT2D eigenvalue weighted by atomic mass is 10.0. The van der Waals surface area contributed by atoms with E-state index >= 15 is 0 Å². The van der Waals surface area contributed by atoms with E-state index in [1.165, 1.54) is 6.07 Å². The van der Waals surface area contributed by atoms with Gasteiger partial charge in [-0.2, -0.15) is 0 Å². The van der Waals surface area contributed by atoms with E-state index in [9.17, 15) is 9.18 Å². The van der Waals surface area contributed by atoms with E-state index < -0.39 is 0 Å². The number of benzene rings is 2. The molecule has 0 aliphatic rings. The number of hydrogen-bond acceptors (Lipinski definition) is 2. The molecule has 0 spiro atoms. The molecule has 0 aliphatic carbocycles. The van der Waals surface area contributed by atoms with E-state index in [0.717, 1.165) is 29.7 Å². The Morgan fingerprint density at radius 1 is 1.16 bits per heavy atom. The van der Waals surface area contributed by atoms with E-state index in [1.54, 1.807) is 42.9 Å². The molecular weight excluding hydrogens is 427 g/mol. The average Bonchev–Trinajstić information content (AvgIpc) is 3.41. The zero-order chi connectivity index (χ0) is 22.5. The van der Waals surface area contributed by atoms with Crippen molar-refractivity contribution in [1.29, 1.82) is 0 Å². The van der Waals surface area contributed by atoms with Crippen LogP contribution >= 0.6 is 11.6 Å². The number of rotatable bonds is 8. The van der Waals surface area contributed by atoms with Gasteiger partial charge in [-0.25, -0.2) is 9.37 Å². The number of aromatic nitrogens is 3. The zero-order valence-electron chi connectivity index (χ0n) is 17.8. The Morgan fingerprint density at radius 3 is 2.66 bits per heavy atom. The molecule has 0 atom stereocenters. The highest BCUT2D eigenvalue weighted by Crippen LogP contribution is 2.31. The normalized spacial score (nSPS) is 11.0. The fourth-order valence-electron chi connectivity index (χ4n) is 3.82. The van der Waals surface area contributed by atoms with Crippen LogP contribution in [0.2, 0.25) is 5.02 Å². The van der Waals surface area contributed by atoms with Gasteiger partial charge in [-0.15, -0.1) is 0 Å². The maximum Gasteiger partial charge on any atom is 0.268 e. The number of hydrogen-bond donors (Lipinski definition) is 1. The summed E-state index contributed by atoms with van der Waals surface area (Å²) in [6.07, 6.45) is 8.05. The quantitative estimate of drug-likeness (QED) is 0.369. The maximum absolute atomic E-state index is 14.3. The molecule has 7 heteroatoms. The standard InChI is InChI=1S/C25H24ClFN4O/c1-18-15-31(16-20-5-2-3-6-22(20)27)24(23(18)19-7-9-21(26)10-8-19)25(32)29-11-4-13-30-14-12-28-17-30/h2-3,5-10,12,14-15,17H,4,11,13,16H2,1H3,(H,29,32). The summed E-state index contributed by atoms with van der Waals surface area (Å²) in [6.45, 7) is 3.50. The predicted molar refractivity (Wildman–Crippen MR) is 124 cm³/mol. The summed E-state index contributed by atoms with van der Waals surface area (Å²) in [5.74, 6) is -0.483. The predicted octanol–water partition coefficient (Wildman–Crippen LogP) is 5.32. The molecule has 0 bridgehead atoms. The second kappa shape index (κ2) is 9.83. The van der Waals surface area contributed by atoms with Gasteiger partial charge in [0.1, 0.15) is 11.5 Å². The third kappa shape index (κ3) is 4.92. The number of aryl methyl sites for hydroxylation is 2. The van der Waals surface area contributed by atoms with Crippen LogP contribution < -0.4 is 5.32 Å². The molecule has 164 valence electrons. The summed E-state index contributed by atoms with van der Waals surface area (Å²) in [4.78, 5) is 17.3. The third-order valence-corrected chi connectivity index (χ3v) is 5.60. The van der Waals surface area contributed by atoms with Crippen LogP contribution in [0.15, 0.2) is 73.4 Å². The van der Waals surface area contributed by atoms with Crippen molar-refractivity contribution in [3.8, 4) is 11.1 Å². The summed E-state index contributed by atoms with van der Waals surface area (Å²) >= 11 is 6.07. The largest absolute Gasteiger partial charge is 0.351 e. The highest BCUT2D eigenvalue weighted by Gasteiger charge is 2.22. The molecule has 0 unspecified atom stereocenters. The van der Waals surface area contributed by atoms with Crippen molar-refractivity contribution >= 4 is 17.5 Å². The van der Waals surface area contributed by atoms with Crippen LogP contribution in [0, 0.1) is 12.7 Å². The molecule has 2 aromatic carbocycles. The van der Waals surface area contributed by atoms with Crippen LogP contribution in [-0.2, 0) is 13.1 Å². The number of amides is 1. The summed E-state index contributed by atoms with van der Waals surface area (Å²) in [7, 11) is 0. The smallest absolute Gasteiger partial charge is 0.268 e. The second-order valence-electron chi connectivity index (χ2n) is 7.67. The lowest BCUT2D eigenvalue weighted by molar-refractivity contribution is 0.0944. The Bertz CT molecular complexity index is 1200. The van der Waals surface area contributed by atoms with Crippen molar-refractivity contribution in [3.05, 3.63) is 101 Å². The SMILES string of the molecule is Cc1cn(Cc2ccccc2F)c(C(=O)NCCCn2ccnc2)c1-c1ccc(Cl)cc1. The number of nitrogens with zero attached hydrogens (tertiary/aromatic N) is 3. The molecule has 1 N–H and O–H groups in total. The van der Waals surface area contributed by atoms with Gasteiger partial charge in [-0.3, -0.25) is 4.79 Å². The topological polar surface area (TPSA) is 51.9 Å². The minimum atomic E-state index is -0.293. The van der Waals surface area contributed by atoms with Crippen molar-refractivity contribution in [2.45, 2.75) is 26.4 Å². The second-order valence-corrected chi connectivity index (χ2v) is 8.11. The van der Waals surface area contributed by atoms with Crippen LogP contribution in [0.1, 0.15) is 28.0 Å². The van der Waals surface area contributed by atoms with Gasteiger partial charge < -0.3 is 14.5 Å². The fourth-order valence-corrected chi connectivity index (χ4v) is 3.95. The Labute approximate surface area is 191 Å². The van der Waals surface area contributed by atoms with Crippen LogP contribution in [0.25, 0.3) is 11.1 Å². The summed E-state index contributed by atoms with van der Waals surface area (Å²) in [5, 5.41) is 3.65. The van der Waals surface area contributed by atoms with Crippen LogP contribution in [0.5, 0.6) is 0 Å². The van der Waals surface area contributed by atoms with Gasteiger partial charge >= 0.3 is 0 Å². The van der Waals surface area contributed by atoms with E-state index in [4.69, 9.17) is 11.6 Å². The number of nitrogens with one attached hydrogen (secondary N) is 1. The molecule has 4 rings (SSSR count). The molecule has 4 aromatic rings. The van der Waals surface area contributed by atoms with Crippen molar-refractivity contribution in [1.82, 2.24) is 19.4 Å². The molecular formula is C25H24ClFN4O. The Hall–Kier alpha value is -3.38. The first-order chi connectivity index (χ1) is 15.5. The number of halogens is 2. The molecule has 2 heterocycles. The average molecular weight is 451 g/mol. The van der Waals surface area contributed by atoms with E-state index in [2.05, 4.69) is 10.3 Å². The number of carbonyl (C=O) groups excluding carboxylic acids is 1. The van der Waals surface area contributed by atoms with Gasteiger partial charge in [0.2, 0.25) is 0 Å². The fraction of sp³-hybridized carbons (Fsp3) is 0.200. The van der Waals surface area contributed by atoms with Gasteiger partial charge in [0.05, 0.1) is 12.9 Å². The molecule has 32 heavy (non-hydrogen) atoms. The molecule has 5 nitrogen and oxygen atoms in total. The van der Waals surface area contributed by atoms with Crippen molar-refractivity contribution in [2.75, 3.05) is 6.54 Å². The molecule has 0 aliphatic heterocycles. The highest BCUT2D eigenvalue weighted by molar-refractivity contribution is 6.30. The van der Waals surface area contributed by atoms with Crippen LogP contribution in [0.3, 0.4) is 0 Å². The highest BCUT2D eigenvalue weighted by atomic mass is 35.5. The number of imidazole rings is 1. The Morgan fingerprint density at radius 2 is 1.94 bits per heavy atom. The third-order valence-electron chi connectivity index (χ3n) is 5.35. The maximum atomic E-state index is 14.3. The summed E-state index contributed by atoms with van der Waals surface area (Å²) in [6, 6.07) is 14.0. The van der Waals surface area contributed by atoms with Gasteiger partial charge in [-0.1, -0.05) is 41.9 Å². The lowest BCUT2D eigenvalue weighted by Gasteiger charge is -2.13. The van der Waals surface area contributed by atoms with Crippen molar-refractivity contribution in [3.63, 3.8) is 0 Å². The van der Waals surface area contributed by atoms with Crippen molar-refractivity contribution < 1.29 is 9.18 Å². The molecule has 0 radical (unpaired) electrons. The van der Waals surface area contributed by atoms with E-state index in [-0.39, 0.29) is 18.3 Å². The molecule has 0 saturated carbocycles. The minimum absolute atomic E-state index is 0.190. The first kappa shape index (κ1) is 21.8. The lowest BCUT2D eigenvalue weighted by Crippen LogP contribution is -2.28. The van der Waals surface area contributed by atoms with Gasteiger partial charge in [0.25, 0.3) is 5.91 Å². The van der Waals surface area contributed by atoms with Gasteiger partial charge in [0, 0.05) is 47.8 Å². The summed E-state index contributed by atoms with van der Waals surface area (Å²) in [5.41, 5.74) is 3.69. The summed E-state index contributed by atoms with van der Waals surface area (Å²) < 4.78 is 18.1. The van der Waals surface area contributed by atoms with Crippen LogP contribution in [0.4, 0.5) is 4.39 Å². The van der Waals surface area contributed by atoms with E-state index in [1.807, 2.05) is 40.6 Å². The monoisotopic (exact) mass is 450 g/mol. The van der Waals surface area contributed by atoms with Gasteiger partial charge in [0.15, 0.2) is 0 Å². The van der Waals surface area contributed by atoms with Crippen LogP contribution in [-0.4, -0.2) is 26.6 Å². The number of carbonyl (C=O) groups is 1. The first-order valence-corrected chi connectivity index (χ1v) is 10.8. The Kier molecular flexibility index (Phi) is 6.71. The molecule has 2 aromatic heterocycles. The van der Waals surface area contributed by atoms with Gasteiger partial charge in [-0.05, 0) is 42.7 Å². The first-order valence-electron chi connectivity index (χ1n) is 10.5. The Balaban J connectivity index is 1.62. The molecule has 1 amide bonds.